The fourth-order valence-corrected chi connectivity index (χ4v) is 3.01. The van der Waals surface area contributed by atoms with Crippen LogP contribution < -0.4 is 9.88 Å². The molecule has 0 amide bonds. The molecule has 2 N–H and O–H groups in total. The molecule has 19 heavy (non-hydrogen) atoms. The quantitative estimate of drug-likeness (QED) is 0.819. The second kappa shape index (κ2) is 7.21. The van der Waals surface area contributed by atoms with E-state index in [1.807, 2.05) is 6.92 Å². The molecule has 7 heteroatoms. The molecule has 0 aromatic heterocycles. The summed E-state index contributed by atoms with van der Waals surface area (Å²) in [5, 5.41) is 5.04. The van der Waals surface area contributed by atoms with Crippen LogP contribution in [-0.4, -0.2) is 20.8 Å². The molecule has 0 heterocycles. The number of hydrogen-bond donors (Lipinski definition) is 1. The van der Waals surface area contributed by atoms with Crippen molar-refractivity contribution >= 4 is 26.0 Å². The van der Waals surface area contributed by atoms with E-state index >= 15 is 0 Å². The van der Waals surface area contributed by atoms with E-state index in [1.54, 1.807) is 0 Å². The van der Waals surface area contributed by atoms with E-state index in [1.165, 1.54) is 18.2 Å². The van der Waals surface area contributed by atoms with Gasteiger partial charge in [-0.2, -0.15) is 0 Å². The second-order valence-electron chi connectivity index (χ2n) is 4.37. The number of ether oxygens (including phenoxy) is 1. The number of rotatable bonds is 7. The zero-order valence-electron chi connectivity index (χ0n) is 10.6. The summed E-state index contributed by atoms with van der Waals surface area (Å²) in [6.45, 7) is 2.20. The standard InChI is InChI=1S/C12H17BrFNO3S/c1-2-3-9(8-19(15,16)17)7-18-10-4-5-12(14)11(13)6-10/h4-6,9H,2-3,7-8H2,1H3,(H2,15,16,17). The fourth-order valence-electron chi connectivity index (χ4n) is 1.73. The van der Waals surface area contributed by atoms with Gasteiger partial charge in [0.15, 0.2) is 0 Å². The molecule has 0 bridgehead atoms. The molecule has 1 atom stereocenters. The van der Waals surface area contributed by atoms with Crippen molar-refractivity contribution in [2.24, 2.45) is 11.1 Å². The monoisotopic (exact) mass is 353 g/mol. The summed E-state index contributed by atoms with van der Waals surface area (Å²) in [7, 11) is -3.51. The van der Waals surface area contributed by atoms with Gasteiger partial charge in [0.25, 0.3) is 0 Å². The van der Waals surface area contributed by atoms with E-state index in [0.29, 0.717) is 16.6 Å². The summed E-state index contributed by atoms with van der Waals surface area (Å²) in [6.07, 6.45) is 1.55. The predicted molar refractivity (Wildman–Crippen MR) is 76.0 cm³/mol. The van der Waals surface area contributed by atoms with Crippen molar-refractivity contribution in [1.29, 1.82) is 0 Å². The van der Waals surface area contributed by atoms with Crippen LogP contribution in [-0.2, 0) is 10.0 Å². The van der Waals surface area contributed by atoms with Gasteiger partial charge < -0.3 is 4.74 Å². The van der Waals surface area contributed by atoms with Crippen LogP contribution in [0.4, 0.5) is 4.39 Å². The van der Waals surface area contributed by atoms with Gasteiger partial charge in [-0.3, -0.25) is 0 Å². The van der Waals surface area contributed by atoms with Crippen molar-refractivity contribution in [3.05, 3.63) is 28.5 Å². The molecule has 0 radical (unpaired) electrons. The highest BCUT2D eigenvalue weighted by molar-refractivity contribution is 9.10. The van der Waals surface area contributed by atoms with Gasteiger partial charge in [-0.05, 0) is 40.5 Å². The minimum Gasteiger partial charge on any atom is -0.493 e. The Morgan fingerprint density at radius 2 is 2.16 bits per heavy atom. The molecule has 0 aliphatic rings. The van der Waals surface area contributed by atoms with Crippen LogP contribution in [0, 0.1) is 11.7 Å². The van der Waals surface area contributed by atoms with Gasteiger partial charge in [0.1, 0.15) is 11.6 Å². The molecule has 108 valence electrons. The highest BCUT2D eigenvalue weighted by Gasteiger charge is 2.16. The summed E-state index contributed by atoms with van der Waals surface area (Å²) in [4.78, 5) is 0. The first kappa shape index (κ1) is 16.4. The van der Waals surface area contributed by atoms with Gasteiger partial charge in [-0.15, -0.1) is 0 Å². The SMILES string of the molecule is CCCC(COc1ccc(F)c(Br)c1)CS(N)(=O)=O. The van der Waals surface area contributed by atoms with Gasteiger partial charge >= 0.3 is 0 Å². The average molecular weight is 354 g/mol. The molecule has 0 saturated heterocycles. The molecule has 0 aliphatic heterocycles. The van der Waals surface area contributed by atoms with Crippen LogP contribution in [0.1, 0.15) is 19.8 Å². The maximum absolute atomic E-state index is 13.0. The molecule has 4 nitrogen and oxygen atoms in total. The van der Waals surface area contributed by atoms with E-state index in [9.17, 15) is 12.8 Å². The van der Waals surface area contributed by atoms with E-state index in [0.717, 1.165) is 6.42 Å². The first-order valence-electron chi connectivity index (χ1n) is 5.90. The molecular weight excluding hydrogens is 337 g/mol. The van der Waals surface area contributed by atoms with Crippen LogP contribution in [0.5, 0.6) is 5.75 Å². The zero-order valence-corrected chi connectivity index (χ0v) is 13.0. The Labute approximate surface area is 121 Å². The number of sulfonamides is 1. The minimum absolute atomic E-state index is 0.108. The number of halogens is 2. The molecule has 1 rings (SSSR count). The molecule has 0 fully saturated rings. The van der Waals surface area contributed by atoms with Gasteiger partial charge in [-0.25, -0.2) is 17.9 Å². The molecular formula is C12H17BrFNO3S. The molecule has 0 saturated carbocycles. The Kier molecular flexibility index (Phi) is 6.22. The predicted octanol–water partition coefficient (Wildman–Crippen LogP) is 2.67. The second-order valence-corrected chi connectivity index (χ2v) is 6.88. The number of nitrogens with two attached hydrogens (primary N) is 1. The third-order valence-corrected chi connectivity index (χ3v) is 4.09. The Hall–Kier alpha value is -0.660. The molecule has 1 unspecified atom stereocenters. The van der Waals surface area contributed by atoms with Crippen molar-refractivity contribution in [3.8, 4) is 5.75 Å². The normalized spacial score (nSPS) is 13.3. The maximum atomic E-state index is 13.0. The number of benzene rings is 1. The molecule has 0 spiro atoms. The first-order valence-corrected chi connectivity index (χ1v) is 8.41. The van der Waals surface area contributed by atoms with Crippen molar-refractivity contribution in [2.45, 2.75) is 19.8 Å². The van der Waals surface area contributed by atoms with Crippen molar-refractivity contribution in [2.75, 3.05) is 12.4 Å². The number of hydrogen-bond acceptors (Lipinski definition) is 3. The molecule has 1 aromatic rings. The van der Waals surface area contributed by atoms with Crippen LogP contribution in [0.15, 0.2) is 22.7 Å². The van der Waals surface area contributed by atoms with Gasteiger partial charge in [0, 0.05) is 5.92 Å². The lowest BCUT2D eigenvalue weighted by Crippen LogP contribution is -2.26. The number of primary sulfonamides is 1. The van der Waals surface area contributed by atoms with Crippen LogP contribution in [0.3, 0.4) is 0 Å². The van der Waals surface area contributed by atoms with Crippen LogP contribution >= 0.6 is 15.9 Å². The third kappa shape index (κ3) is 6.35. The summed E-state index contributed by atoms with van der Waals surface area (Å²) in [5.74, 6) is -0.155. The topological polar surface area (TPSA) is 69.4 Å². The molecule has 1 aromatic carbocycles. The van der Waals surface area contributed by atoms with E-state index in [4.69, 9.17) is 9.88 Å². The lowest BCUT2D eigenvalue weighted by atomic mass is 10.1. The average Bonchev–Trinajstić information content (AvgIpc) is 2.29. The summed E-state index contributed by atoms with van der Waals surface area (Å²) in [6, 6.07) is 4.29. The van der Waals surface area contributed by atoms with Crippen LogP contribution in [0.25, 0.3) is 0 Å². The first-order chi connectivity index (χ1) is 8.81. The zero-order chi connectivity index (χ0) is 14.5. The largest absolute Gasteiger partial charge is 0.493 e. The van der Waals surface area contributed by atoms with E-state index in [-0.39, 0.29) is 24.1 Å². The van der Waals surface area contributed by atoms with Crippen LogP contribution in [0.2, 0.25) is 0 Å². The van der Waals surface area contributed by atoms with Gasteiger partial charge in [-0.1, -0.05) is 13.3 Å². The van der Waals surface area contributed by atoms with Crippen molar-refractivity contribution in [1.82, 2.24) is 0 Å². The molecule has 0 aliphatic carbocycles. The fraction of sp³-hybridized carbons (Fsp3) is 0.500. The smallest absolute Gasteiger partial charge is 0.209 e. The van der Waals surface area contributed by atoms with Gasteiger partial charge in [0.05, 0.1) is 16.8 Å². The maximum Gasteiger partial charge on any atom is 0.209 e. The summed E-state index contributed by atoms with van der Waals surface area (Å²) < 4.78 is 41.0. The Bertz CT molecular complexity index is 522. The van der Waals surface area contributed by atoms with E-state index in [2.05, 4.69) is 15.9 Å². The summed E-state index contributed by atoms with van der Waals surface area (Å²) >= 11 is 3.06. The lowest BCUT2D eigenvalue weighted by Gasteiger charge is -2.16. The Balaban J connectivity index is 2.62. The van der Waals surface area contributed by atoms with Crippen molar-refractivity contribution < 1.29 is 17.5 Å². The van der Waals surface area contributed by atoms with Crippen molar-refractivity contribution in [3.63, 3.8) is 0 Å². The lowest BCUT2D eigenvalue weighted by molar-refractivity contribution is 0.252. The summed E-state index contributed by atoms with van der Waals surface area (Å²) in [5.41, 5.74) is 0. The van der Waals surface area contributed by atoms with E-state index < -0.39 is 10.0 Å². The minimum atomic E-state index is -3.51. The Morgan fingerprint density at radius 1 is 1.47 bits per heavy atom. The Morgan fingerprint density at radius 3 is 2.68 bits per heavy atom. The van der Waals surface area contributed by atoms with Gasteiger partial charge in [0.2, 0.25) is 10.0 Å². The highest BCUT2D eigenvalue weighted by Crippen LogP contribution is 2.22. The highest BCUT2D eigenvalue weighted by atomic mass is 79.9. The third-order valence-electron chi connectivity index (χ3n) is 2.54.